The standard InChI is InChI=1S/C23H19Br2N7O2/c1-34-17-12-14(18(24)19(25)20(17)33)13-26-32-23-30-21(27-15-8-4-2-5-9-15)29-22(31-23)28-16-10-6-3-7-11-16/h2-13,33H,1H3,(H3,27,28,29,30,31,32)/b26-13-. The molecule has 0 amide bonds. The minimum absolute atomic E-state index is 0.00907. The molecule has 0 atom stereocenters. The average Bonchev–Trinajstić information content (AvgIpc) is 2.85. The molecule has 0 aliphatic rings. The van der Waals surface area contributed by atoms with Gasteiger partial charge in [-0.05, 0) is 62.2 Å². The van der Waals surface area contributed by atoms with E-state index in [1.165, 1.54) is 7.11 Å². The SMILES string of the molecule is COc1cc(/C=N\Nc2nc(Nc3ccccc3)nc(Nc3ccccc3)n2)c(Br)c(Br)c1O. The molecule has 0 saturated carbocycles. The molecule has 0 aliphatic carbocycles. The van der Waals surface area contributed by atoms with Crippen LogP contribution in [-0.2, 0) is 0 Å². The zero-order valence-corrected chi connectivity index (χ0v) is 21.0. The van der Waals surface area contributed by atoms with E-state index in [9.17, 15) is 5.11 Å². The first kappa shape index (κ1) is 23.5. The summed E-state index contributed by atoms with van der Waals surface area (Å²) in [5.41, 5.74) is 5.16. The fourth-order valence-corrected chi connectivity index (χ4v) is 3.69. The smallest absolute Gasteiger partial charge is 0.250 e. The highest BCUT2D eigenvalue weighted by atomic mass is 79.9. The van der Waals surface area contributed by atoms with Gasteiger partial charge in [0.2, 0.25) is 17.8 Å². The largest absolute Gasteiger partial charge is 0.503 e. The predicted molar refractivity (Wildman–Crippen MR) is 141 cm³/mol. The van der Waals surface area contributed by atoms with E-state index in [-0.39, 0.29) is 11.7 Å². The van der Waals surface area contributed by atoms with E-state index in [1.54, 1.807) is 12.3 Å². The minimum atomic E-state index is -0.00907. The summed E-state index contributed by atoms with van der Waals surface area (Å²) in [6.45, 7) is 0. The molecule has 0 fully saturated rings. The van der Waals surface area contributed by atoms with E-state index in [1.807, 2.05) is 60.7 Å². The number of rotatable bonds is 8. The number of ether oxygens (including phenoxy) is 1. The number of hydrogen-bond acceptors (Lipinski definition) is 9. The summed E-state index contributed by atoms with van der Waals surface area (Å²) in [7, 11) is 1.47. The van der Waals surface area contributed by atoms with Crippen LogP contribution in [0.2, 0.25) is 0 Å². The zero-order valence-electron chi connectivity index (χ0n) is 17.8. The van der Waals surface area contributed by atoms with Crippen LogP contribution >= 0.6 is 31.9 Å². The highest BCUT2D eigenvalue weighted by molar-refractivity contribution is 9.13. The molecule has 0 unspecified atom stereocenters. The predicted octanol–water partition coefficient (Wildman–Crippen LogP) is 6.04. The quantitative estimate of drug-likeness (QED) is 0.146. The summed E-state index contributed by atoms with van der Waals surface area (Å²) in [6, 6.07) is 20.8. The number of aromatic nitrogens is 3. The number of benzene rings is 3. The second-order valence-corrected chi connectivity index (χ2v) is 8.39. The average molecular weight is 585 g/mol. The molecule has 34 heavy (non-hydrogen) atoms. The second kappa shape index (κ2) is 10.9. The third-order valence-electron chi connectivity index (χ3n) is 4.46. The Kier molecular flexibility index (Phi) is 7.55. The van der Waals surface area contributed by atoms with Crippen molar-refractivity contribution in [2.45, 2.75) is 0 Å². The van der Waals surface area contributed by atoms with Crippen molar-refractivity contribution in [1.29, 1.82) is 0 Å². The molecule has 0 aliphatic heterocycles. The Labute approximate surface area is 212 Å². The van der Waals surface area contributed by atoms with Crippen molar-refractivity contribution in [2.75, 3.05) is 23.2 Å². The maximum atomic E-state index is 10.1. The van der Waals surface area contributed by atoms with Crippen LogP contribution in [0, 0.1) is 0 Å². The van der Waals surface area contributed by atoms with E-state index < -0.39 is 0 Å². The summed E-state index contributed by atoms with van der Waals surface area (Å²) in [6.07, 6.45) is 1.55. The Morgan fingerprint density at radius 3 is 1.88 bits per heavy atom. The monoisotopic (exact) mass is 583 g/mol. The van der Waals surface area contributed by atoms with Crippen LogP contribution in [0.4, 0.5) is 29.2 Å². The lowest BCUT2D eigenvalue weighted by atomic mass is 10.2. The van der Waals surface area contributed by atoms with Crippen molar-refractivity contribution in [3.05, 3.63) is 81.2 Å². The Bertz CT molecular complexity index is 1250. The van der Waals surface area contributed by atoms with Gasteiger partial charge in [-0.25, -0.2) is 5.43 Å². The first-order chi connectivity index (χ1) is 16.5. The molecule has 4 aromatic rings. The summed E-state index contributed by atoms with van der Waals surface area (Å²) in [5.74, 6) is 1.20. The molecule has 0 bridgehead atoms. The molecule has 172 valence electrons. The molecule has 9 nitrogen and oxygen atoms in total. The summed E-state index contributed by atoms with van der Waals surface area (Å²) in [4.78, 5) is 13.3. The first-order valence-electron chi connectivity index (χ1n) is 9.97. The Hall–Kier alpha value is -3.70. The highest BCUT2D eigenvalue weighted by Gasteiger charge is 2.14. The third kappa shape index (κ3) is 5.80. The molecular weight excluding hydrogens is 566 g/mol. The molecule has 3 aromatic carbocycles. The molecule has 0 radical (unpaired) electrons. The van der Waals surface area contributed by atoms with Crippen molar-refractivity contribution in [3.8, 4) is 11.5 Å². The normalized spacial score (nSPS) is 10.8. The molecule has 4 rings (SSSR count). The lowest BCUT2D eigenvalue weighted by Gasteiger charge is -2.10. The summed E-state index contributed by atoms with van der Waals surface area (Å²) < 4.78 is 6.27. The number of nitrogens with zero attached hydrogens (tertiary/aromatic N) is 4. The molecule has 0 saturated heterocycles. The van der Waals surface area contributed by atoms with Crippen LogP contribution in [0.1, 0.15) is 5.56 Å². The fraction of sp³-hybridized carbons (Fsp3) is 0.0435. The van der Waals surface area contributed by atoms with Gasteiger partial charge in [0.25, 0.3) is 0 Å². The van der Waals surface area contributed by atoms with E-state index in [2.05, 4.69) is 68.0 Å². The van der Waals surface area contributed by atoms with Crippen molar-refractivity contribution in [3.63, 3.8) is 0 Å². The van der Waals surface area contributed by atoms with E-state index in [4.69, 9.17) is 4.74 Å². The molecule has 0 spiro atoms. The number of methoxy groups -OCH3 is 1. The van der Waals surface area contributed by atoms with Crippen LogP contribution in [0.3, 0.4) is 0 Å². The zero-order chi connectivity index (χ0) is 23.9. The lowest BCUT2D eigenvalue weighted by molar-refractivity contribution is 0.371. The van der Waals surface area contributed by atoms with E-state index in [0.29, 0.717) is 32.2 Å². The molecule has 11 heteroatoms. The van der Waals surface area contributed by atoms with Crippen LogP contribution in [0.5, 0.6) is 11.5 Å². The van der Waals surface area contributed by atoms with Crippen LogP contribution < -0.4 is 20.8 Å². The highest BCUT2D eigenvalue weighted by Crippen LogP contribution is 2.41. The molecule has 4 N–H and O–H groups in total. The number of nitrogens with one attached hydrogen (secondary N) is 3. The summed E-state index contributed by atoms with van der Waals surface area (Å²) in [5, 5.41) is 20.7. The van der Waals surface area contributed by atoms with Crippen LogP contribution in [0.25, 0.3) is 0 Å². The van der Waals surface area contributed by atoms with Gasteiger partial charge in [0.05, 0.1) is 17.8 Å². The fourth-order valence-electron chi connectivity index (χ4n) is 2.86. The Morgan fingerprint density at radius 1 is 0.824 bits per heavy atom. The first-order valence-corrected chi connectivity index (χ1v) is 11.6. The van der Waals surface area contributed by atoms with Gasteiger partial charge in [-0.1, -0.05) is 36.4 Å². The number of halogens is 2. The number of para-hydroxylation sites is 2. The van der Waals surface area contributed by atoms with Gasteiger partial charge >= 0.3 is 0 Å². The Morgan fingerprint density at radius 2 is 1.35 bits per heavy atom. The number of hydrazone groups is 1. The van der Waals surface area contributed by atoms with Gasteiger partial charge in [-0.15, -0.1) is 0 Å². The van der Waals surface area contributed by atoms with Gasteiger partial charge in [0.15, 0.2) is 11.5 Å². The number of phenolic OH excluding ortho intramolecular Hbond substituents is 1. The molecular formula is C23H19Br2N7O2. The number of phenols is 1. The van der Waals surface area contributed by atoms with Gasteiger partial charge in [0, 0.05) is 21.4 Å². The second-order valence-electron chi connectivity index (χ2n) is 6.80. The van der Waals surface area contributed by atoms with Crippen LogP contribution in [0.15, 0.2) is 80.8 Å². The van der Waals surface area contributed by atoms with E-state index in [0.717, 1.165) is 11.4 Å². The maximum Gasteiger partial charge on any atom is 0.250 e. The Balaban J connectivity index is 1.60. The maximum absolute atomic E-state index is 10.1. The van der Waals surface area contributed by atoms with E-state index >= 15 is 0 Å². The van der Waals surface area contributed by atoms with Gasteiger partial charge < -0.3 is 20.5 Å². The number of hydrogen-bond donors (Lipinski definition) is 4. The minimum Gasteiger partial charge on any atom is -0.503 e. The van der Waals surface area contributed by atoms with Gasteiger partial charge in [-0.3, -0.25) is 0 Å². The van der Waals surface area contributed by atoms with Crippen molar-refractivity contribution >= 4 is 67.3 Å². The van der Waals surface area contributed by atoms with Crippen LogP contribution in [-0.4, -0.2) is 33.4 Å². The van der Waals surface area contributed by atoms with Gasteiger partial charge in [-0.2, -0.15) is 20.1 Å². The van der Waals surface area contributed by atoms with Crippen molar-refractivity contribution < 1.29 is 9.84 Å². The van der Waals surface area contributed by atoms with Gasteiger partial charge in [0.1, 0.15) is 0 Å². The summed E-state index contributed by atoms with van der Waals surface area (Å²) >= 11 is 6.77. The third-order valence-corrected chi connectivity index (χ3v) is 6.62. The van der Waals surface area contributed by atoms with Crippen molar-refractivity contribution in [1.82, 2.24) is 15.0 Å². The molecule has 1 heterocycles. The molecule has 1 aromatic heterocycles. The lowest BCUT2D eigenvalue weighted by Crippen LogP contribution is -2.07. The number of anilines is 5. The topological polar surface area (TPSA) is 117 Å². The number of aromatic hydroxyl groups is 1. The van der Waals surface area contributed by atoms with Crippen molar-refractivity contribution in [2.24, 2.45) is 5.10 Å².